The molecule has 0 amide bonds. The third-order valence-corrected chi connectivity index (χ3v) is 1.86. The minimum Gasteiger partial charge on any atom is -0.508 e. The number of aliphatic hydroxyl groups is 3. The van der Waals surface area contributed by atoms with Gasteiger partial charge >= 0.3 is 0 Å². The van der Waals surface area contributed by atoms with E-state index in [1.54, 1.807) is 47.3 Å². The Hall–Kier alpha value is -0.570. The molecule has 0 aliphatic heterocycles. The molecule has 0 bridgehead atoms. The van der Waals surface area contributed by atoms with Crippen molar-refractivity contribution >= 4 is 23.0 Å². The second kappa shape index (κ2) is 8.72. The number of benzene rings is 1. The zero-order valence-corrected chi connectivity index (χ0v) is 10.0. The maximum absolute atomic E-state index is 8.79. The van der Waals surface area contributed by atoms with Crippen molar-refractivity contribution in [1.29, 1.82) is 0 Å². The van der Waals surface area contributed by atoms with E-state index < -0.39 is 6.10 Å². The second-order valence-electron chi connectivity index (χ2n) is 2.59. The molecule has 0 spiro atoms. The molecule has 0 aliphatic carbocycles. The Morgan fingerprint density at radius 2 is 1.60 bits per heavy atom. The second-order valence-corrected chi connectivity index (χ2v) is 3.03. The molecule has 6 heteroatoms. The van der Waals surface area contributed by atoms with Crippen molar-refractivity contribution in [3.8, 4) is 11.5 Å². The molecular formula is C9H13IO5. The number of hydrogen-bond acceptors (Lipinski definition) is 5. The van der Waals surface area contributed by atoms with E-state index in [1.807, 2.05) is 0 Å². The van der Waals surface area contributed by atoms with Gasteiger partial charge in [-0.05, 0) is 24.3 Å². The highest BCUT2D eigenvalue weighted by Gasteiger charge is 1.93. The van der Waals surface area contributed by atoms with E-state index in [4.69, 9.17) is 23.5 Å². The summed E-state index contributed by atoms with van der Waals surface area (Å²) in [6.45, 7) is -0.729. The van der Waals surface area contributed by atoms with E-state index in [2.05, 4.69) is 0 Å². The van der Waals surface area contributed by atoms with Crippen molar-refractivity contribution in [3.63, 3.8) is 0 Å². The summed E-state index contributed by atoms with van der Waals surface area (Å²) in [5.41, 5.74) is 0. The standard InChI is InChI=1S/C6H5IO2.C3H8O3/c7-9-6-3-1-5(8)2-4-6;4-1-3(6)2-5/h1-4,8H;3-6H,1-2H2. The van der Waals surface area contributed by atoms with Crippen molar-refractivity contribution in [2.24, 2.45) is 0 Å². The monoisotopic (exact) mass is 328 g/mol. The van der Waals surface area contributed by atoms with E-state index in [0.29, 0.717) is 0 Å². The van der Waals surface area contributed by atoms with E-state index in [-0.39, 0.29) is 19.0 Å². The summed E-state index contributed by atoms with van der Waals surface area (Å²) in [5, 5.41) is 32.8. The van der Waals surface area contributed by atoms with Crippen LogP contribution in [0.5, 0.6) is 11.5 Å². The van der Waals surface area contributed by atoms with Crippen LogP contribution in [0.25, 0.3) is 0 Å². The molecule has 1 aromatic rings. The first-order chi connectivity index (χ1) is 7.13. The highest BCUT2D eigenvalue weighted by atomic mass is 127. The van der Waals surface area contributed by atoms with E-state index >= 15 is 0 Å². The minimum atomic E-state index is -0.954. The molecule has 5 nitrogen and oxygen atoms in total. The minimum absolute atomic E-state index is 0.257. The Morgan fingerprint density at radius 1 is 1.13 bits per heavy atom. The van der Waals surface area contributed by atoms with Gasteiger partial charge in [0.2, 0.25) is 0 Å². The largest absolute Gasteiger partial charge is 0.508 e. The maximum atomic E-state index is 8.79. The third-order valence-electron chi connectivity index (χ3n) is 1.35. The first-order valence-electron chi connectivity index (χ1n) is 4.11. The molecule has 1 rings (SSSR count). The zero-order valence-electron chi connectivity index (χ0n) is 7.88. The molecule has 0 saturated heterocycles. The van der Waals surface area contributed by atoms with Crippen molar-refractivity contribution in [2.75, 3.05) is 13.2 Å². The van der Waals surface area contributed by atoms with E-state index in [1.165, 1.54) is 0 Å². The predicted octanol–water partition coefficient (Wildman–Crippen LogP) is 0.453. The van der Waals surface area contributed by atoms with Gasteiger partial charge in [-0.3, -0.25) is 0 Å². The lowest BCUT2D eigenvalue weighted by Gasteiger charge is -1.96. The van der Waals surface area contributed by atoms with E-state index in [0.717, 1.165) is 5.75 Å². The highest BCUT2D eigenvalue weighted by Crippen LogP contribution is 2.17. The fraction of sp³-hybridized carbons (Fsp3) is 0.333. The lowest BCUT2D eigenvalue weighted by Crippen LogP contribution is -2.15. The van der Waals surface area contributed by atoms with Gasteiger partial charge in [-0.2, -0.15) is 0 Å². The molecule has 0 fully saturated rings. The van der Waals surface area contributed by atoms with Crippen LogP contribution >= 0.6 is 23.0 Å². The Morgan fingerprint density at radius 3 is 1.87 bits per heavy atom. The fourth-order valence-electron chi connectivity index (χ4n) is 0.555. The van der Waals surface area contributed by atoms with Crippen LogP contribution in [-0.2, 0) is 0 Å². The Bertz CT molecular complexity index is 247. The number of phenolic OH excluding ortho intramolecular Hbond substituents is 1. The molecule has 15 heavy (non-hydrogen) atoms. The summed E-state index contributed by atoms with van der Waals surface area (Å²) >= 11 is 1.78. The zero-order chi connectivity index (χ0) is 11.7. The first-order valence-corrected chi connectivity index (χ1v) is 4.99. The molecule has 0 atom stereocenters. The van der Waals surface area contributed by atoms with Crippen molar-refractivity contribution in [2.45, 2.75) is 6.10 Å². The predicted molar refractivity (Wildman–Crippen MR) is 62.9 cm³/mol. The average Bonchev–Trinajstić information content (AvgIpc) is 2.30. The summed E-state index contributed by atoms with van der Waals surface area (Å²) in [4.78, 5) is 0. The van der Waals surface area contributed by atoms with Gasteiger partial charge in [-0.25, -0.2) is 0 Å². The van der Waals surface area contributed by atoms with Gasteiger partial charge in [0.1, 0.15) is 17.6 Å². The Kier molecular flexibility index (Phi) is 8.38. The average molecular weight is 328 g/mol. The smallest absolute Gasteiger partial charge is 0.192 e. The van der Waals surface area contributed by atoms with Crippen molar-refractivity contribution in [1.82, 2.24) is 0 Å². The van der Waals surface area contributed by atoms with Crippen LogP contribution in [0.4, 0.5) is 0 Å². The number of aliphatic hydroxyl groups excluding tert-OH is 3. The summed E-state index contributed by atoms with van der Waals surface area (Å²) in [6.07, 6.45) is -0.954. The molecular weight excluding hydrogens is 315 g/mol. The van der Waals surface area contributed by atoms with Gasteiger partial charge in [0.25, 0.3) is 0 Å². The molecule has 0 unspecified atom stereocenters. The lowest BCUT2D eigenvalue weighted by molar-refractivity contribution is 0.0450. The fourth-order valence-corrected chi connectivity index (χ4v) is 0.849. The number of rotatable bonds is 3. The van der Waals surface area contributed by atoms with Crippen LogP contribution < -0.4 is 3.07 Å². The van der Waals surface area contributed by atoms with Gasteiger partial charge in [-0.15, -0.1) is 0 Å². The quantitative estimate of drug-likeness (QED) is 0.605. The van der Waals surface area contributed by atoms with Crippen LogP contribution in [0.2, 0.25) is 0 Å². The van der Waals surface area contributed by atoms with Crippen LogP contribution in [0.3, 0.4) is 0 Å². The number of halogens is 1. The van der Waals surface area contributed by atoms with Crippen LogP contribution in [0, 0.1) is 0 Å². The Labute approximate surface area is 102 Å². The topological polar surface area (TPSA) is 90.2 Å². The molecule has 4 N–H and O–H groups in total. The molecule has 0 radical (unpaired) electrons. The normalized spacial score (nSPS) is 9.40. The van der Waals surface area contributed by atoms with Gasteiger partial charge < -0.3 is 23.5 Å². The number of hydrogen-bond donors (Lipinski definition) is 4. The Balaban J connectivity index is 0.000000288. The third kappa shape index (κ3) is 7.37. The molecule has 0 aliphatic rings. The van der Waals surface area contributed by atoms with Crippen LogP contribution in [0.15, 0.2) is 24.3 Å². The molecule has 0 heterocycles. The van der Waals surface area contributed by atoms with E-state index in [9.17, 15) is 0 Å². The summed E-state index contributed by atoms with van der Waals surface area (Å²) in [5.74, 6) is 1.00. The molecule has 0 aromatic heterocycles. The van der Waals surface area contributed by atoms with Crippen LogP contribution in [0.1, 0.15) is 0 Å². The number of phenols is 1. The summed E-state index contributed by atoms with van der Waals surface area (Å²) < 4.78 is 4.83. The SMILES string of the molecule is OCC(O)CO.Oc1ccc(OI)cc1. The van der Waals surface area contributed by atoms with Gasteiger partial charge in [0.15, 0.2) is 23.0 Å². The summed E-state index contributed by atoms with van der Waals surface area (Å²) in [6, 6.07) is 6.55. The van der Waals surface area contributed by atoms with Gasteiger partial charge in [0.05, 0.1) is 13.2 Å². The highest BCUT2D eigenvalue weighted by molar-refractivity contribution is 14.1. The first kappa shape index (κ1) is 14.4. The molecule has 0 saturated carbocycles. The van der Waals surface area contributed by atoms with Crippen LogP contribution in [-0.4, -0.2) is 39.7 Å². The number of aromatic hydroxyl groups is 1. The van der Waals surface area contributed by atoms with Crippen molar-refractivity contribution in [3.05, 3.63) is 24.3 Å². The lowest BCUT2D eigenvalue weighted by atomic mass is 10.3. The molecule has 1 aromatic carbocycles. The van der Waals surface area contributed by atoms with Crippen molar-refractivity contribution < 1.29 is 23.5 Å². The maximum Gasteiger partial charge on any atom is 0.192 e. The summed E-state index contributed by atoms with van der Waals surface area (Å²) in [7, 11) is 0. The molecule has 86 valence electrons. The van der Waals surface area contributed by atoms with Gasteiger partial charge in [0, 0.05) is 0 Å². The van der Waals surface area contributed by atoms with Gasteiger partial charge in [-0.1, -0.05) is 0 Å².